The van der Waals surface area contributed by atoms with Gasteiger partial charge in [-0.1, -0.05) is 24.9 Å². The van der Waals surface area contributed by atoms with Crippen LogP contribution in [0.15, 0.2) is 24.3 Å². The molecular formula is C10H14ClNO3S. The van der Waals surface area contributed by atoms with Crippen LogP contribution in [0.3, 0.4) is 0 Å². The average molecular weight is 264 g/mol. The van der Waals surface area contributed by atoms with E-state index >= 15 is 0 Å². The van der Waals surface area contributed by atoms with Crippen LogP contribution >= 0.6 is 11.6 Å². The van der Waals surface area contributed by atoms with Gasteiger partial charge in [-0.2, -0.15) is 0 Å². The molecule has 0 heterocycles. The van der Waals surface area contributed by atoms with E-state index in [0.717, 1.165) is 6.42 Å². The van der Waals surface area contributed by atoms with Gasteiger partial charge in [0.2, 0.25) is 0 Å². The Hall–Kier alpha value is -0.780. The lowest BCUT2D eigenvalue weighted by atomic mass is 10.3. The van der Waals surface area contributed by atoms with Crippen LogP contribution in [0.25, 0.3) is 0 Å². The molecule has 1 aromatic carbocycles. The van der Waals surface area contributed by atoms with E-state index in [-0.39, 0.29) is 11.4 Å². The minimum atomic E-state index is -3.64. The predicted molar refractivity (Wildman–Crippen MR) is 64.4 cm³/mol. The Morgan fingerprint density at radius 3 is 2.38 bits per heavy atom. The second kappa shape index (κ2) is 5.52. The zero-order valence-electron chi connectivity index (χ0n) is 8.93. The topological polar surface area (TPSA) is 57.6 Å². The van der Waals surface area contributed by atoms with Crippen molar-refractivity contribution in [3.63, 3.8) is 0 Å². The average Bonchev–Trinajstić information content (AvgIpc) is 2.26. The van der Waals surface area contributed by atoms with E-state index in [4.69, 9.17) is 11.6 Å². The highest BCUT2D eigenvalue weighted by atomic mass is 35.5. The van der Waals surface area contributed by atoms with Crippen molar-refractivity contribution in [1.29, 1.82) is 0 Å². The maximum atomic E-state index is 11.6. The number of hydrogen-bond acceptors (Lipinski definition) is 3. The lowest BCUT2D eigenvalue weighted by molar-refractivity contribution is 0.316. The van der Waals surface area contributed by atoms with Crippen molar-refractivity contribution in [2.45, 2.75) is 19.8 Å². The molecule has 0 amide bonds. The zero-order valence-corrected chi connectivity index (χ0v) is 10.5. The highest BCUT2D eigenvalue weighted by Gasteiger charge is 2.19. The minimum absolute atomic E-state index is 0.0668. The van der Waals surface area contributed by atoms with E-state index in [1.54, 1.807) is 0 Å². The zero-order chi connectivity index (χ0) is 12.2. The fourth-order valence-corrected chi connectivity index (χ4v) is 2.54. The quantitative estimate of drug-likeness (QED) is 0.831. The molecule has 0 radical (unpaired) electrons. The molecule has 0 aliphatic heterocycles. The Morgan fingerprint density at radius 1 is 1.31 bits per heavy atom. The molecule has 0 bridgehead atoms. The third-order valence-corrected chi connectivity index (χ3v) is 3.86. The molecule has 0 saturated carbocycles. The first kappa shape index (κ1) is 13.3. The first-order valence-corrected chi connectivity index (χ1v) is 6.93. The highest BCUT2D eigenvalue weighted by Crippen LogP contribution is 2.19. The van der Waals surface area contributed by atoms with Gasteiger partial charge in [0.1, 0.15) is 0 Å². The van der Waals surface area contributed by atoms with Gasteiger partial charge in [-0.25, -0.2) is 8.42 Å². The predicted octanol–water partition coefficient (Wildman–Crippen LogP) is 2.67. The lowest BCUT2D eigenvalue weighted by Gasteiger charge is -2.16. The van der Waals surface area contributed by atoms with Gasteiger partial charge in [-0.3, -0.25) is 5.21 Å². The van der Waals surface area contributed by atoms with Gasteiger partial charge < -0.3 is 0 Å². The van der Waals surface area contributed by atoms with E-state index in [9.17, 15) is 13.6 Å². The van der Waals surface area contributed by atoms with Crippen molar-refractivity contribution < 1.29 is 13.6 Å². The number of rotatable bonds is 5. The van der Waals surface area contributed by atoms with Crippen LogP contribution in [0.1, 0.15) is 19.8 Å². The van der Waals surface area contributed by atoms with Crippen molar-refractivity contribution in [2.75, 3.05) is 10.2 Å². The Bertz CT molecular complexity index is 430. The number of nitrogens with zero attached hydrogens (tertiary/aromatic N) is 1. The van der Waals surface area contributed by atoms with E-state index in [2.05, 4.69) is 0 Å². The summed E-state index contributed by atoms with van der Waals surface area (Å²) in [5.74, 6) is -0.0668. The Morgan fingerprint density at radius 2 is 1.88 bits per heavy atom. The number of unbranched alkanes of at least 4 members (excludes halogenated alkanes) is 1. The molecule has 1 aromatic rings. The molecule has 0 saturated heterocycles. The van der Waals surface area contributed by atoms with Crippen molar-refractivity contribution in [3.05, 3.63) is 29.3 Å². The van der Waals surface area contributed by atoms with Crippen LogP contribution in [0.5, 0.6) is 0 Å². The lowest BCUT2D eigenvalue weighted by Crippen LogP contribution is -2.29. The summed E-state index contributed by atoms with van der Waals surface area (Å²) in [5.41, 5.74) is 0.195. The normalized spacial score (nSPS) is 11.4. The molecule has 16 heavy (non-hydrogen) atoms. The number of anilines is 1. The fraction of sp³-hybridized carbons (Fsp3) is 0.400. The van der Waals surface area contributed by atoms with Gasteiger partial charge >= 0.3 is 0 Å². The third-order valence-electron chi connectivity index (χ3n) is 2.07. The first-order valence-electron chi connectivity index (χ1n) is 4.95. The van der Waals surface area contributed by atoms with Gasteiger partial charge in [0.15, 0.2) is 0 Å². The summed E-state index contributed by atoms with van der Waals surface area (Å²) in [4.78, 5) is 0. The first-order chi connectivity index (χ1) is 7.47. The summed E-state index contributed by atoms with van der Waals surface area (Å²) < 4.78 is 23.5. The molecule has 0 fully saturated rings. The smallest absolute Gasteiger partial charge is 0.257 e. The summed E-state index contributed by atoms with van der Waals surface area (Å²) >= 11 is 5.66. The molecule has 0 unspecified atom stereocenters. The number of hydrogen-bond donors (Lipinski definition) is 1. The van der Waals surface area contributed by atoms with E-state index in [0.29, 0.717) is 15.9 Å². The summed E-state index contributed by atoms with van der Waals surface area (Å²) in [7, 11) is -3.64. The van der Waals surface area contributed by atoms with E-state index < -0.39 is 10.0 Å². The van der Waals surface area contributed by atoms with Gasteiger partial charge in [-0.15, -0.1) is 4.47 Å². The molecular weight excluding hydrogens is 250 g/mol. The standard InChI is InChI=1S/C10H14ClNO3S/c1-2-3-8-16(14,15)12(13)10-6-4-9(11)5-7-10/h4-7,13H,2-3,8H2,1H3. The molecule has 0 atom stereocenters. The molecule has 6 heteroatoms. The Balaban J connectivity index is 2.84. The molecule has 90 valence electrons. The molecule has 0 aromatic heterocycles. The summed E-state index contributed by atoms with van der Waals surface area (Å²) in [6.07, 6.45) is 1.28. The second-order valence-electron chi connectivity index (χ2n) is 3.39. The Labute approximate surface area is 100 Å². The van der Waals surface area contributed by atoms with Gasteiger partial charge in [0.25, 0.3) is 10.0 Å². The molecule has 4 nitrogen and oxygen atoms in total. The maximum Gasteiger partial charge on any atom is 0.257 e. The van der Waals surface area contributed by atoms with Crippen LogP contribution in [-0.2, 0) is 10.0 Å². The van der Waals surface area contributed by atoms with E-state index in [1.165, 1.54) is 24.3 Å². The molecule has 0 spiro atoms. The van der Waals surface area contributed by atoms with E-state index in [1.807, 2.05) is 6.92 Å². The summed E-state index contributed by atoms with van der Waals surface area (Å²) in [6, 6.07) is 5.95. The SMILES string of the molecule is CCCCS(=O)(=O)N(O)c1ccc(Cl)cc1. The van der Waals surface area contributed by atoms with Crippen LogP contribution in [0.4, 0.5) is 5.69 Å². The second-order valence-corrected chi connectivity index (χ2v) is 5.74. The number of sulfonamides is 1. The largest absolute Gasteiger partial charge is 0.274 e. The van der Waals surface area contributed by atoms with Crippen LogP contribution < -0.4 is 4.47 Å². The minimum Gasteiger partial charge on any atom is -0.274 e. The number of benzene rings is 1. The highest BCUT2D eigenvalue weighted by molar-refractivity contribution is 7.92. The monoisotopic (exact) mass is 263 g/mol. The van der Waals surface area contributed by atoms with Crippen LogP contribution in [-0.4, -0.2) is 19.4 Å². The molecule has 1 rings (SSSR count). The number of halogens is 1. The van der Waals surface area contributed by atoms with Crippen LogP contribution in [0, 0.1) is 0 Å². The Kier molecular flexibility index (Phi) is 4.58. The van der Waals surface area contributed by atoms with Crippen molar-refractivity contribution in [3.8, 4) is 0 Å². The maximum absolute atomic E-state index is 11.6. The molecule has 0 aliphatic carbocycles. The van der Waals surface area contributed by atoms with Crippen molar-refractivity contribution in [2.24, 2.45) is 0 Å². The van der Waals surface area contributed by atoms with Gasteiger partial charge in [0, 0.05) is 5.02 Å². The van der Waals surface area contributed by atoms with Crippen molar-refractivity contribution >= 4 is 27.3 Å². The van der Waals surface area contributed by atoms with Crippen molar-refractivity contribution in [1.82, 2.24) is 0 Å². The summed E-state index contributed by atoms with van der Waals surface area (Å²) in [6.45, 7) is 1.89. The summed E-state index contributed by atoms with van der Waals surface area (Å²) in [5, 5.41) is 10.1. The van der Waals surface area contributed by atoms with Crippen LogP contribution in [0.2, 0.25) is 5.02 Å². The fourth-order valence-electron chi connectivity index (χ4n) is 1.14. The third kappa shape index (κ3) is 3.37. The molecule has 1 N–H and O–H groups in total. The van der Waals surface area contributed by atoms with Gasteiger partial charge in [-0.05, 0) is 30.7 Å². The van der Waals surface area contributed by atoms with Gasteiger partial charge in [0.05, 0.1) is 11.4 Å². The molecule has 0 aliphatic rings.